The first-order valence-electron chi connectivity index (χ1n) is 6.69. The highest BCUT2D eigenvalue weighted by Gasteiger charge is 2.18. The highest BCUT2D eigenvalue weighted by atomic mass is 15.2. The summed E-state index contributed by atoms with van der Waals surface area (Å²) in [7, 11) is 1.96. The molecule has 0 spiro atoms. The zero-order valence-corrected chi connectivity index (χ0v) is 10.9. The van der Waals surface area contributed by atoms with Gasteiger partial charge in [-0.25, -0.2) is 4.98 Å². The summed E-state index contributed by atoms with van der Waals surface area (Å²) in [6, 6.07) is 6.32. The Kier molecular flexibility index (Phi) is 4.37. The first-order valence-corrected chi connectivity index (χ1v) is 6.69. The predicted molar refractivity (Wildman–Crippen MR) is 72.2 cm³/mol. The van der Waals surface area contributed by atoms with E-state index in [1.807, 2.05) is 7.05 Å². The van der Waals surface area contributed by atoms with Crippen molar-refractivity contribution in [3.05, 3.63) is 23.9 Å². The lowest BCUT2D eigenvalue weighted by Gasteiger charge is -2.32. The minimum absolute atomic E-state index is 0.846. The molecule has 0 aromatic carbocycles. The lowest BCUT2D eigenvalue weighted by molar-refractivity contribution is 0.393. The van der Waals surface area contributed by atoms with Crippen LogP contribution in [-0.2, 0) is 6.54 Å². The molecule has 1 aromatic rings. The van der Waals surface area contributed by atoms with Crippen LogP contribution in [-0.4, -0.2) is 25.1 Å². The molecule has 0 aliphatic carbocycles. The van der Waals surface area contributed by atoms with E-state index in [-0.39, 0.29) is 0 Å². The lowest BCUT2D eigenvalue weighted by atomic mass is 9.94. The van der Waals surface area contributed by atoms with Crippen LogP contribution in [0.15, 0.2) is 18.2 Å². The topological polar surface area (TPSA) is 28.2 Å². The molecule has 3 nitrogen and oxygen atoms in total. The number of aromatic nitrogens is 1. The van der Waals surface area contributed by atoms with Gasteiger partial charge in [0.15, 0.2) is 0 Å². The predicted octanol–water partition coefficient (Wildman–Crippen LogP) is 2.43. The summed E-state index contributed by atoms with van der Waals surface area (Å²) in [5.41, 5.74) is 1.13. The molecule has 0 radical (unpaired) electrons. The van der Waals surface area contributed by atoms with Crippen LogP contribution in [0.5, 0.6) is 0 Å². The molecule has 0 amide bonds. The molecule has 1 N–H and O–H groups in total. The van der Waals surface area contributed by atoms with E-state index in [9.17, 15) is 0 Å². The Labute approximate surface area is 104 Å². The summed E-state index contributed by atoms with van der Waals surface area (Å²) >= 11 is 0. The molecule has 17 heavy (non-hydrogen) atoms. The van der Waals surface area contributed by atoms with Crippen LogP contribution >= 0.6 is 0 Å². The van der Waals surface area contributed by atoms with Crippen molar-refractivity contribution in [2.75, 3.05) is 25.0 Å². The monoisotopic (exact) mass is 233 g/mol. The second-order valence-corrected chi connectivity index (χ2v) is 4.86. The number of hydrogen-bond acceptors (Lipinski definition) is 3. The first kappa shape index (κ1) is 12.4. The summed E-state index contributed by atoms with van der Waals surface area (Å²) in [6.45, 7) is 5.47. The van der Waals surface area contributed by atoms with Gasteiger partial charge in [-0.15, -0.1) is 0 Å². The van der Waals surface area contributed by atoms with E-state index in [0.29, 0.717) is 0 Å². The Morgan fingerprint density at radius 1 is 1.35 bits per heavy atom. The zero-order chi connectivity index (χ0) is 12.1. The lowest BCUT2D eigenvalue weighted by Crippen LogP contribution is -2.34. The first-order chi connectivity index (χ1) is 8.33. The molecule has 0 atom stereocenters. The quantitative estimate of drug-likeness (QED) is 0.865. The third kappa shape index (κ3) is 3.19. The van der Waals surface area contributed by atoms with Crippen LogP contribution in [0.4, 0.5) is 5.82 Å². The number of anilines is 1. The molecule has 1 aliphatic rings. The van der Waals surface area contributed by atoms with Gasteiger partial charge in [0, 0.05) is 19.6 Å². The number of nitrogens with zero attached hydrogens (tertiary/aromatic N) is 2. The van der Waals surface area contributed by atoms with Crippen molar-refractivity contribution in [1.82, 2.24) is 10.3 Å². The van der Waals surface area contributed by atoms with E-state index in [2.05, 4.69) is 35.3 Å². The normalized spacial score (nSPS) is 17.4. The van der Waals surface area contributed by atoms with E-state index < -0.39 is 0 Å². The van der Waals surface area contributed by atoms with Crippen LogP contribution < -0.4 is 10.2 Å². The molecule has 0 bridgehead atoms. The zero-order valence-electron chi connectivity index (χ0n) is 10.9. The van der Waals surface area contributed by atoms with Gasteiger partial charge in [-0.3, -0.25) is 0 Å². The Bertz CT molecular complexity index is 343. The summed E-state index contributed by atoms with van der Waals surface area (Å²) in [6.07, 6.45) is 3.95. The van der Waals surface area contributed by atoms with Crippen molar-refractivity contribution in [1.29, 1.82) is 0 Å². The van der Waals surface area contributed by atoms with Gasteiger partial charge in [-0.2, -0.15) is 0 Å². The van der Waals surface area contributed by atoms with Crippen molar-refractivity contribution < 1.29 is 0 Å². The van der Waals surface area contributed by atoms with E-state index in [1.165, 1.54) is 19.3 Å². The molecule has 1 aromatic heterocycles. The van der Waals surface area contributed by atoms with Crippen LogP contribution in [0, 0.1) is 5.92 Å². The minimum atomic E-state index is 0.846. The molecule has 94 valence electrons. The molecule has 3 heteroatoms. The van der Waals surface area contributed by atoms with Gasteiger partial charge in [-0.1, -0.05) is 19.4 Å². The Balaban J connectivity index is 2.00. The van der Waals surface area contributed by atoms with Gasteiger partial charge >= 0.3 is 0 Å². The van der Waals surface area contributed by atoms with Crippen molar-refractivity contribution in [3.63, 3.8) is 0 Å². The van der Waals surface area contributed by atoms with Crippen molar-refractivity contribution in [3.8, 4) is 0 Å². The number of hydrogen-bond donors (Lipinski definition) is 1. The summed E-state index contributed by atoms with van der Waals surface area (Å²) < 4.78 is 0. The number of pyridine rings is 1. The molecule has 0 unspecified atom stereocenters. The standard InChI is InChI=1S/C14H23N3/c1-3-12-7-9-17(10-8-12)14-6-4-5-13(16-14)11-15-2/h4-6,12,15H,3,7-11H2,1-2H3. The fraction of sp³-hybridized carbons (Fsp3) is 0.643. The molecule has 2 rings (SSSR count). The Morgan fingerprint density at radius 3 is 2.76 bits per heavy atom. The molecule has 1 saturated heterocycles. The van der Waals surface area contributed by atoms with Crippen LogP contribution in [0.1, 0.15) is 31.9 Å². The Hall–Kier alpha value is -1.09. The highest BCUT2D eigenvalue weighted by molar-refractivity contribution is 5.39. The fourth-order valence-electron chi connectivity index (χ4n) is 2.49. The van der Waals surface area contributed by atoms with E-state index in [1.54, 1.807) is 0 Å². The molecule has 1 aliphatic heterocycles. The van der Waals surface area contributed by atoms with Gasteiger partial charge in [-0.05, 0) is 37.9 Å². The smallest absolute Gasteiger partial charge is 0.128 e. The molecule has 0 saturated carbocycles. The Morgan fingerprint density at radius 2 is 2.12 bits per heavy atom. The maximum atomic E-state index is 4.70. The summed E-state index contributed by atoms with van der Waals surface area (Å²) in [4.78, 5) is 7.12. The third-order valence-corrected chi connectivity index (χ3v) is 3.67. The maximum absolute atomic E-state index is 4.70. The number of rotatable bonds is 4. The third-order valence-electron chi connectivity index (χ3n) is 3.67. The van der Waals surface area contributed by atoms with Crippen molar-refractivity contribution in [2.24, 2.45) is 5.92 Å². The minimum Gasteiger partial charge on any atom is -0.357 e. The second kappa shape index (κ2) is 6.01. The SMILES string of the molecule is CCC1CCN(c2cccc(CNC)n2)CC1. The molecular weight excluding hydrogens is 210 g/mol. The van der Waals surface area contributed by atoms with Crippen LogP contribution in [0.2, 0.25) is 0 Å². The van der Waals surface area contributed by atoms with Crippen molar-refractivity contribution >= 4 is 5.82 Å². The van der Waals surface area contributed by atoms with E-state index in [0.717, 1.165) is 37.1 Å². The molecular formula is C14H23N3. The second-order valence-electron chi connectivity index (χ2n) is 4.86. The average Bonchev–Trinajstić information content (AvgIpc) is 2.40. The summed E-state index contributed by atoms with van der Waals surface area (Å²) in [5.74, 6) is 2.07. The van der Waals surface area contributed by atoms with E-state index in [4.69, 9.17) is 4.98 Å². The van der Waals surface area contributed by atoms with Crippen LogP contribution in [0.3, 0.4) is 0 Å². The summed E-state index contributed by atoms with van der Waals surface area (Å²) in [5, 5.41) is 3.15. The van der Waals surface area contributed by atoms with Gasteiger partial charge in [0.2, 0.25) is 0 Å². The largest absolute Gasteiger partial charge is 0.357 e. The average molecular weight is 233 g/mol. The highest BCUT2D eigenvalue weighted by Crippen LogP contribution is 2.23. The maximum Gasteiger partial charge on any atom is 0.128 e. The van der Waals surface area contributed by atoms with E-state index >= 15 is 0 Å². The molecule has 1 fully saturated rings. The van der Waals surface area contributed by atoms with Crippen LogP contribution in [0.25, 0.3) is 0 Å². The van der Waals surface area contributed by atoms with Gasteiger partial charge in [0.05, 0.1) is 5.69 Å². The van der Waals surface area contributed by atoms with Gasteiger partial charge in [0.1, 0.15) is 5.82 Å². The number of nitrogens with one attached hydrogen (secondary N) is 1. The van der Waals surface area contributed by atoms with Gasteiger partial charge < -0.3 is 10.2 Å². The number of piperidine rings is 1. The fourth-order valence-corrected chi connectivity index (χ4v) is 2.49. The molecule has 2 heterocycles. The van der Waals surface area contributed by atoms with Crippen molar-refractivity contribution in [2.45, 2.75) is 32.7 Å². The van der Waals surface area contributed by atoms with Gasteiger partial charge in [0.25, 0.3) is 0 Å².